The molecule has 0 fully saturated rings. The molecular formula is C13H20BNO5. The molecule has 0 saturated heterocycles. The molecule has 0 aliphatic rings. The molecule has 3 N–H and O–H groups in total. The average molecular weight is 281 g/mol. The predicted molar refractivity (Wildman–Crippen MR) is 76.0 cm³/mol. The Bertz CT molecular complexity index is 427. The van der Waals surface area contributed by atoms with Crippen LogP contribution in [0.2, 0.25) is 0 Å². The van der Waals surface area contributed by atoms with Gasteiger partial charge >= 0.3 is 13.2 Å². The first-order valence-corrected chi connectivity index (χ1v) is 6.34. The molecule has 1 amide bonds. The van der Waals surface area contributed by atoms with Crippen LogP contribution in [0.4, 0.5) is 4.79 Å². The molecule has 0 aromatic heterocycles. The van der Waals surface area contributed by atoms with Crippen LogP contribution in [0.3, 0.4) is 0 Å². The zero-order valence-electron chi connectivity index (χ0n) is 11.9. The second-order valence-electron chi connectivity index (χ2n) is 5.22. The summed E-state index contributed by atoms with van der Waals surface area (Å²) in [5, 5.41) is 20.4. The number of hydrogen-bond acceptors (Lipinski definition) is 5. The summed E-state index contributed by atoms with van der Waals surface area (Å²) in [4.78, 5) is 11.3. The molecule has 0 atom stereocenters. The number of ether oxygens (including phenoxy) is 2. The fourth-order valence-electron chi connectivity index (χ4n) is 1.37. The second kappa shape index (κ2) is 7.16. The van der Waals surface area contributed by atoms with E-state index < -0.39 is 18.8 Å². The smallest absolute Gasteiger partial charge is 0.488 e. The van der Waals surface area contributed by atoms with E-state index in [1.165, 1.54) is 0 Å². The number of carbonyl (C=O) groups is 1. The monoisotopic (exact) mass is 281 g/mol. The number of benzene rings is 1. The highest BCUT2D eigenvalue weighted by Crippen LogP contribution is 2.08. The molecule has 0 bridgehead atoms. The van der Waals surface area contributed by atoms with Gasteiger partial charge in [-0.3, -0.25) is 0 Å². The summed E-state index contributed by atoms with van der Waals surface area (Å²) >= 11 is 0. The fraction of sp³-hybridized carbons (Fsp3) is 0.462. The summed E-state index contributed by atoms with van der Waals surface area (Å²) in [7, 11) is -1.49. The Morgan fingerprint density at radius 2 is 1.85 bits per heavy atom. The van der Waals surface area contributed by atoms with Gasteiger partial charge in [-0.25, -0.2) is 4.79 Å². The number of hydrogen-bond donors (Lipinski definition) is 3. The van der Waals surface area contributed by atoms with E-state index in [1.807, 2.05) is 0 Å². The Hall–Kier alpha value is -1.73. The van der Waals surface area contributed by atoms with Gasteiger partial charge in [-0.2, -0.15) is 0 Å². The topological polar surface area (TPSA) is 88.0 Å². The molecule has 1 aromatic carbocycles. The highest BCUT2D eigenvalue weighted by Gasteiger charge is 2.15. The molecule has 0 radical (unpaired) electrons. The van der Waals surface area contributed by atoms with Gasteiger partial charge in [-0.05, 0) is 38.4 Å². The van der Waals surface area contributed by atoms with Crippen molar-refractivity contribution in [3.8, 4) is 5.75 Å². The maximum Gasteiger partial charge on any atom is 0.488 e. The van der Waals surface area contributed by atoms with Gasteiger partial charge in [0.25, 0.3) is 0 Å². The van der Waals surface area contributed by atoms with Crippen LogP contribution in [0.15, 0.2) is 24.3 Å². The molecular weight excluding hydrogens is 261 g/mol. The second-order valence-corrected chi connectivity index (χ2v) is 5.22. The van der Waals surface area contributed by atoms with Gasteiger partial charge in [0.2, 0.25) is 0 Å². The first kappa shape index (κ1) is 16.3. The first-order valence-electron chi connectivity index (χ1n) is 6.34. The normalized spacial score (nSPS) is 10.8. The average Bonchev–Trinajstić information content (AvgIpc) is 2.33. The van der Waals surface area contributed by atoms with Crippen molar-refractivity contribution in [1.29, 1.82) is 0 Å². The standard InChI is InChI=1S/C13H20BNO5/c1-13(2,3)20-12(16)15-8-9-19-11-6-4-10(5-7-11)14(17)18/h4-7,17-18H,8-9H2,1-3H3,(H,15,16). The van der Waals surface area contributed by atoms with E-state index in [1.54, 1.807) is 45.0 Å². The molecule has 1 rings (SSSR count). The van der Waals surface area contributed by atoms with E-state index >= 15 is 0 Å². The number of rotatable bonds is 5. The highest BCUT2D eigenvalue weighted by molar-refractivity contribution is 6.58. The van der Waals surface area contributed by atoms with E-state index in [0.29, 0.717) is 24.4 Å². The van der Waals surface area contributed by atoms with Crippen LogP contribution in [-0.4, -0.2) is 42.0 Å². The van der Waals surface area contributed by atoms with E-state index in [-0.39, 0.29) is 0 Å². The van der Waals surface area contributed by atoms with Crippen molar-refractivity contribution in [2.75, 3.05) is 13.2 Å². The Morgan fingerprint density at radius 1 is 1.25 bits per heavy atom. The fourth-order valence-corrected chi connectivity index (χ4v) is 1.37. The molecule has 0 heterocycles. The number of amides is 1. The summed E-state index contributed by atoms with van der Waals surface area (Å²) in [6.45, 7) is 5.99. The molecule has 7 heteroatoms. The minimum atomic E-state index is -1.49. The summed E-state index contributed by atoms with van der Waals surface area (Å²) in [6.07, 6.45) is -0.486. The van der Waals surface area contributed by atoms with Crippen LogP contribution < -0.4 is 15.5 Å². The van der Waals surface area contributed by atoms with E-state index in [0.717, 1.165) is 0 Å². The third-order valence-electron chi connectivity index (χ3n) is 2.22. The third kappa shape index (κ3) is 6.44. The van der Waals surface area contributed by atoms with Crippen LogP contribution in [0, 0.1) is 0 Å². The van der Waals surface area contributed by atoms with Gasteiger partial charge in [0.05, 0.1) is 6.54 Å². The zero-order chi connectivity index (χ0) is 15.2. The predicted octanol–water partition coefficient (Wildman–Crippen LogP) is 0.270. The van der Waals surface area contributed by atoms with Crippen molar-refractivity contribution in [3.05, 3.63) is 24.3 Å². The van der Waals surface area contributed by atoms with Gasteiger partial charge < -0.3 is 24.8 Å². The summed E-state index contributed by atoms with van der Waals surface area (Å²) in [5.41, 5.74) is -0.129. The van der Waals surface area contributed by atoms with Crippen molar-refractivity contribution < 1.29 is 24.3 Å². The third-order valence-corrected chi connectivity index (χ3v) is 2.22. The van der Waals surface area contributed by atoms with Crippen molar-refractivity contribution in [3.63, 3.8) is 0 Å². The minimum Gasteiger partial charge on any atom is -0.492 e. The van der Waals surface area contributed by atoms with Gasteiger partial charge in [-0.15, -0.1) is 0 Å². The summed E-state index contributed by atoms with van der Waals surface area (Å²) in [6, 6.07) is 6.37. The van der Waals surface area contributed by atoms with E-state index in [2.05, 4.69) is 5.32 Å². The highest BCUT2D eigenvalue weighted by atomic mass is 16.6. The lowest BCUT2D eigenvalue weighted by atomic mass is 9.80. The van der Waals surface area contributed by atoms with Crippen molar-refractivity contribution in [2.24, 2.45) is 0 Å². The van der Waals surface area contributed by atoms with Crippen molar-refractivity contribution in [2.45, 2.75) is 26.4 Å². The molecule has 0 unspecified atom stereocenters. The molecule has 110 valence electrons. The van der Waals surface area contributed by atoms with Crippen LogP contribution in [0.1, 0.15) is 20.8 Å². The zero-order valence-corrected chi connectivity index (χ0v) is 11.9. The van der Waals surface area contributed by atoms with E-state index in [9.17, 15) is 4.79 Å². The van der Waals surface area contributed by atoms with E-state index in [4.69, 9.17) is 19.5 Å². The Kier molecular flexibility index (Phi) is 5.85. The number of nitrogens with one attached hydrogen (secondary N) is 1. The van der Waals surface area contributed by atoms with Crippen LogP contribution in [-0.2, 0) is 4.74 Å². The quantitative estimate of drug-likeness (QED) is 0.532. The maximum absolute atomic E-state index is 11.3. The molecule has 0 aliphatic heterocycles. The lowest BCUT2D eigenvalue weighted by molar-refractivity contribution is 0.0520. The summed E-state index contributed by atoms with van der Waals surface area (Å²) < 4.78 is 10.5. The van der Waals surface area contributed by atoms with Crippen LogP contribution in [0.25, 0.3) is 0 Å². The summed E-state index contributed by atoms with van der Waals surface area (Å²) in [5.74, 6) is 0.584. The molecule has 1 aromatic rings. The van der Waals surface area contributed by atoms with Crippen LogP contribution in [0.5, 0.6) is 5.75 Å². The van der Waals surface area contributed by atoms with Crippen molar-refractivity contribution >= 4 is 18.7 Å². The Balaban J connectivity index is 2.26. The SMILES string of the molecule is CC(C)(C)OC(=O)NCCOc1ccc(B(O)O)cc1. The lowest BCUT2D eigenvalue weighted by Gasteiger charge is -2.19. The molecule has 0 aliphatic carbocycles. The van der Waals surface area contributed by atoms with Crippen molar-refractivity contribution in [1.82, 2.24) is 5.32 Å². The maximum atomic E-state index is 11.3. The molecule has 6 nitrogen and oxygen atoms in total. The lowest BCUT2D eigenvalue weighted by Crippen LogP contribution is -2.34. The first-order chi connectivity index (χ1) is 9.28. The Labute approximate surface area is 118 Å². The largest absolute Gasteiger partial charge is 0.492 e. The number of carbonyl (C=O) groups excluding carboxylic acids is 1. The van der Waals surface area contributed by atoms with Gasteiger partial charge in [0.15, 0.2) is 0 Å². The Morgan fingerprint density at radius 3 is 2.35 bits per heavy atom. The minimum absolute atomic E-state index is 0.292. The molecule has 20 heavy (non-hydrogen) atoms. The van der Waals surface area contributed by atoms with Gasteiger partial charge in [-0.1, -0.05) is 12.1 Å². The molecule has 0 saturated carbocycles. The number of alkyl carbamates (subject to hydrolysis) is 1. The van der Waals surface area contributed by atoms with Gasteiger partial charge in [0, 0.05) is 0 Å². The van der Waals surface area contributed by atoms with Crippen LogP contribution >= 0.6 is 0 Å². The molecule has 0 spiro atoms. The van der Waals surface area contributed by atoms with Gasteiger partial charge in [0.1, 0.15) is 18.0 Å².